The zero-order chi connectivity index (χ0) is 16.8. The molecule has 0 aliphatic carbocycles. The molecule has 0 spiro atoms. The van der Waals surface area contributed by atoms with Crippen LogP contribution in [-0.2, 0) is 17.9 Å². The number of carbonyl (C=O) groups is 1. The molecule has 0 aliphatic heterocycles. The quantitative estimate of drug-likeness (QED) is 0.780. The van der Waals surface area contributed by atoms with Crippen molar-refractivity contribution in [3.05, 3.63) is 57.8 Å². The molecule has 1 heterocycles. The van der Waals surface area contributed by atoms with Gasteiger partial charge in [-0.25, -0.2) is 0 Å². The molecule has 0 bridgehead atoms. The van der Waals surface area contributed by atoms with Gasteiger partial charge in [0.2, 0.25) is 0 Å². The molecule has 2 aromatic rings. The minimum Gasteiger partial charge on any atom is -0.377 e. The van der Waals surface area contributed by atoms with Crippen molar-refractivity contribution in [3.8, 4) is 0 Å². The number of ether oxygens (including phenoxy) is 1. The van der Waals surface area contributed by atoms with Crippen molar-refractivity contribution in [2.45, 2.75) is 40.0 Å². The largest absolute Gasteiger partial charge is 0.377 e. The Balaban J connectivity index is 2.08. The molecule has 5 heteroatoms. The smallest absolute Gasteiger partial charge is 0.268 e. The third-order valence-corrected chi connectivity index (χ3v) is 4.06. The van der Waals surface area contributed by atoms with Crippen LogP contribution in [0.15, 0.2) is 41.0 Å². The summed E-state index contributed by atoms with van der Waals surface area (Å²) in [7, 11) is 0. The van der Waals surface area contributed by atoms with E-state index in [0.29, 0.717) is 25.5 Å². The van der Waals surface area contributed by atoms with Crippen molar-refractivity contribution in [3.63, 3.8) is 0 Å². The average Bonchev–Trinajstić information content (AvgIpc) is 2.93. The highest BCUT2D eigenvalue weighted by molar-refractivity contribution is 9.10. The van der Waals surface area contributed by atoms with Crippen molar-refractivity contribution < 1.29 is 9.53 Å². The van der Waals surface area contributed by atoms with Crippen LogP contribution < -0.4 is 5.32 Å². The van der Waals surface area contributed by atoms with Crippen LogP contribution in [0.25, 0.3) is 0 Å². The van der Waals surface area contributed by atoms with Crippen molar-refractivity contribution in [2.24, 2.45) is 0 Å². The van der Waals surface area contributed by atoms with Gasteiger partial charge in [-0.15, -0.1) is 0 Å². The molecular formula is C18H23BrN2O2. The summed E-state index contributed by atoms with van der Waals surface area (Å²) in [6, 6.07) is 10.1. The lowest BCUT2D eigenvalue weighted by Gasteiger charge is -2.14. The Morgan fingerprint density at radius 2 is 2.00 bits per heavy atom. The predicted octanol–water partition coefficient (Wildman–Crippen LogP) is 4.30. The topological polar surface area (TPSA) is 43.3 Å². The zero-order valence-electron chi connectivity index (χ0n) is 13.8. The first-order chi connectivity index (χ1) is 11.0. The fourth-order valence-electron chi connectivity index (χ4n) is 2.40. The van der Waals surface area contributed by atoms with Crippen molar-refractivity contribution >= 4 is 21.8 Å². The third-order valence-electron chi connectivity index (χ3n) is 3.62. The second-order valence-corrected chi connectivity index (χ2v) is 6.55. The lowest BCUT2D eigenvalue weighted by molar-refractivity contribution is 0.0939. The van der Waals surface area contributed by atoms with E-state index in [4.69, 9.17) is 4.74 Å². The van der Waals surface area contributed by atoms with E-state index in [2.05, 4.69) is 35.1 Å². The number of carbonyl (C=O) groups excluding carboxylic acids is 1. The van der Waals surface area contributed by atoms with E-state index in [0.717, 1.165) is 15.6 Å². The first-order valence-electron chi connectivity index (χ1n) is 7.83. The van der Waals surface area contributed by atoms with E-state index in [1.165, 1.54) is 0 Å². The number of hydrogen-bond acceptors (Lipinski definition) is 2. The second-order valence-electron chi connectivity index (χ2n) is 5.63. The van der Waals surface area contributed by atoms with Crippen LogP contribution in [0.2, 0.25) is 0 Å². The summed E-state index contributed by atoms with van der Waals surface area (Å²) >= 11 is 3.44. The fraction of sp³-hybridized carbons (Fsp3) is 0.389. The maximum absolute atomic E-state index is 12.5. The molecule has 124 valence electrons. The van der Waals surface area contributed by atoms with Crippen LogP contribution >= 0.6 is 15.9 Å². The maximum atomic E-state index is 12.5. The Kier molecular flexibility index (Phi) is 6.42. The van der Waals surface area contributed by atoms with Crippen LogP contribution in [0.3, 0.4) is 0 Å². The van der Waals surface area contributed by atoms with Gasteiger partial charge in [0.15, 0.2) is 0 Å². The molecular weight excluding hydrogens is 356 g/mol. The summed E-state index contributed by atoms with van der Waals surface area (Å²) in [5, 5.41) is 3.00. The van der Waals surface area contributed by atoms with Gasteiger partial charge >= 0.3 is 0 Å². The lowest BCUT2D eigenvalue weighted by atomic mass is 10.1. The monoisotopic (exact) mass is 378 g/mol. The number of rotatable bonds is 7. The van der Waals surface area contributed by atoms with E-state index in [-0.39, 0.29) is 11.9 Å². The van der Waals surface area contributed by atoms with E-state index in [9.17, 15) is 4.79 Å². The normalized spacial score (nSPS) is 11.0. The summed E-state index contributed by atoms with van der Waals surface area (Å²) in [4.78, 5) is 12.5. The average molecular weight is 379 g/mol. The summed E-state index contributed by atoms with van der Waals surface area (Å²) < 4.78 is 8.36. The van der Waals surface area contributed by atoms with Crippen LogP contribution in [0.1, 0.15) is 48.4 Å². The highest BCUT2D eigenvalue weighted by atomic mass is 79.9. The Bertz CT molecular complexity index is 665. The number of benzene rings is 1. The summed E-state index contributed by atoms with van der Waals surface area (Å²) in [6.07, 6.45) is 1.93. The van der Waals surface area contributed by atoms with Gasteiger partial charge in [-0.1, -0.05) is 24.3 Å². The van der Waals surface area contributed by atoms with E-state index in [1.54, 1.807) is 0 Å². The van der Waals surface area contributed by atoms with Crippen LogP contribution in [-0.4, -0.2) is 17.1 Å². The first-order valence-corrected chi connectivity index (χ1v) is 8.62. The van der Waals surface area contributed by atoms with Gasteiger partial charge in [0, 0.05) is 29.9 Å². The van der Waals surface area contributed by atoms with E-state index < -0.39 is 0 Å². The lowest BCUT2D eigenvalue weighted by Crippen LogP contribution is -2.26. The Labute approximate surface area is 146 Å². The Morgan fingerprint density at radius 1 is 1.30 bits per heavy atom. The second kappa shape index (κ2) is 8.31. The van der Waals surface area contributed by atoms with Gasteiger partial charge in [-0.05, 0) is 53.9 Å². The van der Waals surface area contributed by atoms with Gasteiger partial charge < -0.3 is 14.6 Å². The number of halogens is 1. The zero-order valence-corrected chi connectivity index (χ0v) is 15.4. The fourth-order valence-corrected chi connectivity index (χ4v) is 2.84. The molecule has 0 aliphatic rings. The molecule has 0 fully saturated rings. The minimum atomic E-state index is -0.0735. The van der Waals surface area contributed by atoms with Gasteiger partial charge in [0.1, 0.15) is 5.69 Å². The standard InChI is InChI=1S/C18H23BrN2O2/c1-4-23-12-15-8-6-5-7-14(15)10-20-18(22)17-9-16(19)11-21(17)13(2)3/h5-9,11,13H,4,10,12H2,1-3H3,(H,20,22). The first kappa shape index (κ1) is 17.8. The number of nitrogens with one attached hydrogen (secondary N) is 1. The van der Waals surface area contributed by atoms with Crippen LogP contribution in [0, 0.1) is 0 Å². The number of nitrogens with zero attached hydrogens (tertiary/aromatic N) is 1. The highest BCUT2D eigenvalue weighted by Gasteiger charge is 2.15. The SMILES string of the molecule is CCOCc1ccccc1CNC(=O)c1cc(Br)cn1C(C)C. The minimum absolute atomic E-state index is 0.0735. The van der Waals surface area contributed by atoms with E-state index in [1.807, 2.05) is 48.0 Å². The molecule has 1 aromatic heterocycles. The maximum Gasteiger partial charge on any atom is 0.268 e. The molecule has 4 nitrogen and oxygen atoms in total. The number of aromatic nitrogens is 1. The number of amides is 1. The predicted molar refractivity (Wildman–Crippen MR) is 95.5 cm³/mol. The Morgan fingerprint density at radius 3 is 2.65 bits per heavy atom. The molecule has 0 saturated heterocycles. The molecule has 1 amide bonds. The molecule has 0 saturated carbocycles. The Hall–Kier alpha value is -1.59. The molecule has 2 rings (SSSR count). The third kappa shape index (κ3) is 4.69. The van der Waals surface area contributed by atoms with E-state index >= 15 is 0 Å². The molecule has 0 unspecified atom stereocenters. The van der Waals surface area contributed by atoms with Gasteiger partial charge in [-0.2, -0.15) is 0 Å². The van der Waals surface area contributed by atoms with Crippen LogP contribution in [0.5, 0.6) is 0 Å². The van der Waals surface area contributed by atoms with Gasteiger partial charge in [0.05, 0.1) is 6.61 Å². The highest BCUT2D eigenvalue weighted by Crippen LogP contribution is 2.19. The van der Waals surface area contributed by atoms with Crippen LogP contribution in [0.4, 0.5) is 0 Å². The molecule has 23 heavy (non-hydrogen) atoms. The molecule has 1 N–H and O–H groups in total. The molecule has 0 radical (unpaired) electrons. The van der Waals surface area contributed by atoms with Gasteiger partial charge in [-0.3, -0.25) is 4.79 Å². The summed E-state index contributed by atoms with van der Waals surface area (Å²) in [5.41, 5.74) is 2.85. The van der Waals surface area contributed by atoms with Crippen molar-refractivity contribution in [1.29, 1.82) is 0 Å². The van der Waals surface area contributed by atoms with Gasteiger partial charge in [0.25, 0.3) is 5.91 Å². The number of hydrogen-bond donors (Lipinski definition) is 1. The summed E-state index contributed by atoms with van der Waals surface area (Å²) in [6.45, 7) is 7.82. The molecule has 1 aromatic carbocycles. The van der Waals surface area contributed by atoms with Crippen molar-refractivity contribution in [1.82, 2.24) is 9.88 Å². The van der Waals surface area contributed by atoms with Crippen molar-refractivity contribution in [2.75, 3.05) is 6.61 Å². The molecule has 0 atom stereocenters. The summed E-state index contributed by atoms with van der Waals surface area (Å²) in [5.74, 6) is -0.0735.